The smallest absolute Gasteiger partial charge is 0.129 e. The molecule has 17 heavy (non-hydrogen) atoms. The first kappa shape index (κ1) is 11.9. The fraction of sp³-hybridized carbons (Fsp3) is 0.0769. The number of hydrogen-bond acceptors (Lipinski definition) is 2. The summed E-state index contributed by atoms with van der Waals surface area (Å²) in [5, 5.41) is 9.42. The molecule has 0 aromatic heterocycles. The van der Waals surface area contributed by atoms with Crippen molar-refractivity contribution >= 4 is 15.9 Å². The highest BCUT2D eigenvalue weighted by Crippen LogP contribution is 2.34. The van der Waals surface area contributed by atoms with E-state index < -0.39 is 0 Å². The van der Waals surface area contributed by atoms with E-state index in [-0.39, 0.29) is 11.6 Å². The van der Waals surface area contributed by atoms with Gasteiger partial charge in [0.25, 0.3) is 0 Å². The molecule has 4 heteroatoms. The van der Waals surface area contributed by atoms with Crippen LogP contribution in [0.3, 0.4) is 0 Å². The molecule has 0 saturated carbocycles. The van der Waals surface area contributed by atoms with Gasteiger partial charge >= 0.3 is 0 Å². The van der Waals surface area contributed by atoms with Gasteiger partial charge in [0, 0.05) is 5.56 Å². The molecule has 0 saturated heterocycles. The highest BCUT2D eigenvalue weighted by molar-refractivity contribution is 9.10. The molecular weight excluding hydrogens is 287 g/mol. The van der Waals surface area contributed by atoms with Crippen molar-refractivity contribution < 1.29 is 14.2 Å². The molecule has 0 unspecified atom stereocenters. The monoisotopic (exact) mass is 296 g/mol. The highest BCUT2D eigenvalue weighted by Gasteiger charge is 2.09. The van der Waals surface area contributed by atoms with Crippen molar-refractivity contribution in [3.8, 4) is 22.6 Å². The maximum absolute atomic E-state index is 13.2. The van der Waals surface area contributed by atoms with Crippen LogP contribution in [-0.2, 0) is 0 Å². The zero-order valence-corrected chi connectivity index (χ0v) is 10.7. The van der Waals surface area contributed by atoms with Gasteiger partial charge in [0.15, 0.2) is 0 Å². The van der Waals surface area contributed by atoms with Crippen molar-refractivity contribution in [2.45, 2.75) is 0 Å². The molecular formula is C13H10BrFO2. The summed E-state index contributed by atoms with van der Waals surface area (Å²) in [5.74, 6) is 0.401. The quantitative estimate of drug-likeness (QED) is 0.909. The number of benzene rings is 2. The fourth-order valence-corrected chi connectivity index (χ4v) is 1.96. The second kappa shape index (κ2) is 4.75. The summed E-state index contributed by atoms with van der Waals surface area (Å²) in [6.07, 6.45) is 0. The van der Waals surface area contributed by atoms with Gasteiger partial charge in [0.1, 0.15) is 17.3 Å². The van der Waals surface area contributed by atoms with Crippen molar-refractivity contribution in [1.82, 2.24) is 0 Å². The third-order valence-electron chi connectivity index (χ3n) is 2.42. The van der Waals surface area contributed by atoms with Gasteiger partial charge in [-0.05, 0) is 51.8 Å². The third-order valence-corrected chi connectivity index (χ3v) is 3.06. The SMILES string of the molecule is COc1ccc(F)cc1-c1ccc(O)c(Br)c1. The number of methoxy groups -OCH3 is 1. The molecule has 2 aromatic carbocycles. The van der Waals surface area contributed by atoms with E-state index in [0.717, 1.165) is 5.56 Å². The first-order valence-electron chi connectivity index (χ1n) is 4.94. The second-order valence-corrected chi connectivity index (χ2v) is 4.37. The molecule has 0 aliphatic heterocycles. The summed E-state index contributed by atoms with van der Waals surface area (Å²) in [6.45, 7) is 0. The average Bonchev–Trinajstić information content (AvgIpc) is 2.32. The Morgan fingerprint density at radius 3 is 2.59 bits per heavy atom. The largest absolute Gasteiger partial charge is 0.507 e. The van der Waals surface area contributed by atoms with Gasteiger partial charge in [-0.3, -0.25) is 0 Å². The van der Waals surface area contributed by atoms with Crippen LogP contribution in [0.2, 0.25) is 0 Å². The van der Waals surface area contributed by atoms with Gasteiger partial charge in [0.2, 0.25) is 0 Å². The normalized spacial score (nSPS) is 10.3. The number of phenolic OH excluding ortho intramolecular Hbond substituents is 1. The van der Waals surface area contributed by atoms with Crippen molar-refractivity contribution in [3.63, 3.8) is 0 Å². The minimum absolute atomic E-state index is 0.143. The molecule has 0 fully saturated rings. The van der Waals surface area contributed by atoms with Crippen LogP contribution in [0.25, 0.3) is 11.1 Å². The molecule has 2 nitrogen and oxygen atoms in total. The molecule has 0 aliphatic carbocycles. The van der Waals surface area contributed by atoms with Crippen LogP contribution in [-0.4, -0.2) is 12.2 Å². The predicted octanol–water partition coefficient (Wildman–Crippen LogP) is 3.97. The van der Waals surface area contributed by atoms with Crippen molar-refractivity contribution in [2.75, 3.05) is 7.11 Å². The van der Waals surface area contributed by atoms with Gasteiger partial charge < -0.3 is 9.84 Å². The van der Waals surface area contributed by atoms with E-state index in [1.807, 2.05) is 0 Å². The zero-order valence-electron chi connectivity index (χ0n) is 9.08. The molecule has 1 N–H and O–H groups in total. The lowest BCUT2D eigenvalue weighted by Crippen LogP contribution is -1.89. The number of hydrogen-bond donors (Lipinski definition) is 1. The number of aromatic hydroxyl groups is 1. The van der Waals surface area contributed by atoms with Crippen LogP contribution < -0.4 is 4.74 Å². The molecule has 0 atom stereocenters. The van der Waals surface area contributed by atoms with E-state index in [9.17, 15) is 9.50 Å². The van der Waals surface area contributed by atoms with Crippen LogP contribution in [0.5, 0.6) is 11.5 Å². The molecule has 0 bridgehead atoms. The van der Waals surface area contributed by atoms with Gasteiger partial charge in [-0.15, -0.1) is 0 Å². The topological polar surface area (TPSA) is 29.5 Å². The third kappa shape index (κ3) is 2.42. The number of phenols is 1. The minimum Gasteiger partial charge on any atom is -0.507 e. The Balaban J connectivity index is 2.58. The fourth-order valence-electron chi connectivity index (χ4n) is 1.58. The van der Waals surface area contributed by atoms with Crippen LogP contribution in [0.1, 0.15) is 0 Å². The molecule has 88 valence electrons. The molecule has 0 amide bonds. The Kier molecular flexibility index (Phi) is 3.33. The van der Waals surface area contributed by atoms with E-state index in [0.29, 0.717) is 15.8 Å². The lowest BCUT2D eigenvalue weighted by atomic mass is 10.0. The van der Waals surface area contributed by atoms with E-state index >= 15 is 0 Å². The van der Waals surface area contributed by atoms with E-state index in [1.165, 1.54) is 19.2 Å². The molecule has 0 heterocycles. The van der Waals surface area contributed by atoms with Gasteiger partial charge in [-0.2, -0.15) is 0 Å². The summed E-state index contributed by atoms with van der Waals surface area (Å²) in [4.78, 5) is 0. The summed E-state index contributed by atoms with van der Waals surface area (Å²) >= 11 is 3.22. The summed E-state index contributed by atoms with van der Waals surface area (Å²) in [5.41, 5.74) is 1.42. The first-order valence-corrected chi connectivity index (χ1v) is 5.73. The lowest BCUT2D eigenvalue weighted by molar-refractivity contribution is 0.415. The van der Waals surface area contributed by atoms with Crippen LogP contribution in [0.4, 0.5) is 4.39 Å². The van der Waals surface area contributed by atoms with Gasteiger partial charge in [-0.1, -0.05) is 6.07 Å². The van der Waals surface area contributed by atoms with E-state index in [4.69, 9.17) is 4.74 Å². The second-order valence-electron chi connectivity index (χ2n) is 3.51. The first-order chi connectivity index (χ1) is 8.11. The van der Waals surface area contributed by atoms with Gasteiger partial charge in [-0.25, -0.2) is 4.39 Å². The molecule has 2 rings (SSSR count). The average molecular weight is 297 g/mol. The molecule has 0 aliphatic rings. The molecule has 0 spiro atoms. The maximum Gasteiger partial charge on any atom is 0.129 e. The number of rotatable bonds is 2. The highest BCUT2D eigenvalue weighted by atomic mass is 79.9. The van der Waals surface area contributed by atoms with Crippen LogP contribution in [0, 0.1) is 5.82 Å². The molecule has 2 aromatic rings. The maximum atomic E-state index is 13.2. The Morgan fingerprint density at radius 1 is 1.18 bits per heavy atom. The summed E-state index contributed by atoms with van der Waals surface area (Å²) in [7, 11) is 1.53. The summed E-state index contributed by atoms with van der Waals surface area (Å²) in [6, 6.07) is 9.29. The van der Waals surface area contributed by atoms with E-state index in [2.05, 4.69) is 15.9 Å². The van der Waals surface area contributed by atoms with Crippen molar-refractivity contribution in [1.29, 1.82) is 0 Å². The number of halogens is 2. The van der Waals surface area contributed by atoms with Gasteiger partial charge in [0.05, 0.1) is 11.6 Å². The number of ether oxygens (including phenoxy) is 1. The Labute approximate surface area is 107 Å². The van der Waals surface area contributed by atoms with Crippen LogP contribution in [0.15, 0.2) is 40.9 Å². The van der Waals surface area contributed by atoms with Crippen molar-refractivity contribution in [2.24, 2.45) is 0 Å². The standard InChI is InChI=1S/C13H10BrFO2/c1-17-13-5-3-9(15)7-10(13)8-2-4-12(16)11(14)6-8/h2-7,16H,1H3. The Bertz CT molecular complexity index is 555. The minimum atomic E-state index is -0.329. The van der Waals surface area contributed by atoms with Crippen LogP contribution >= 0.6 is 15.9 Å². The predicted molar refractivity (Wildman–Crippen MR) is 67.8 cm³/mol. The van der Waals surface area contributed by atoms with E-state index in [1.54, 1.807) is 24.3 Å². The van der Waals surface area contributed by atoms with Crippen molar-refractivity contribution in [3.05, 3.63) is 46.7 Å². The lowest BCUT2D eigenvalue weighted by Gasteiger charge is -2.09. The molecule has 0 radical (unpaired) electrons. The Hall–Kier alpha value is -1.55. The summed E-state index contributed by atoms with van der Waals surface area (Å²) < 4.78 is 19.0. The zero-order chi connectivity index (χ0) is 12.4. The Morgan fingerprint density at radius 2 is 1.94 bits per heavy atom.